The van der Waals surface area contributed by atoms with E-state index < -0.39 is 0 Å². The van der Waals surface area contributed by atoms with E-state index in [1.807, 2.05) is 6.07 Å². The Kier molecular flexibility index (Phi) is 4.81. The maximum Gasteiger partial charge on any atom is 0.0343 e. The Labute approximate surface area is 129 Å². The molecular weight excluding hydrogens is 258 g/mol. The van der Waals surface area contributed by atoms with Gasteiger partial charge in [-0.15, -0.1) is 0 Å². The lowest BCUT2D eigenvalue weighted by Gasteiger charge is -2.40. The second-order valence-corrected chi connectivity index (χ2v) is 6.79. The molecule has 2 heterocycles. The summed E-state index contributed by atoms with van der Waals surface area (Å²) in [5.41, 5.74) is 9.41. The fraction of sp³-hybridized carbons (Fsp3) is 0.667. The van der Waals surface area contributed by atoms with Gasteiger partial charge in [0.2, 0.25) is 0 Å². The van der Waals surface area contributed by atoms with Crippen molar-refractivity contribution in [2.45, 2.75) is 51.6 Å². The third-order valence-electron chi connectivity index (χ3n) is 5.20. The summed E-state index contributed by atoms with van der Waals surface area (Å²) in [5.74, 6) is 0. The molecule has 0 bridgehead atoms. The highest BCUT2D eigenvalue weighted by molar-refractivity contribution is 5.47. The lowest BCUT2D eigenvalue weighted by atomic mass is 9.99. The number of likely N-dealkylation sites (tertiary alicyclic amines) is 2. The van der Waals surface area contributed by atoms with Gasteiger partial charge < -0.3 is 10.6 Å². The molecule has 2 saturated heterocycles. The summed E-state index contributed by atoms with van der Waals surface area (Å²) in [6.07, 6.45) is 6.93. The van der Waals surface area contributed by atoms with Crippen molar-refractivity contribution in [2.75, 3.05) is 31.9 Å². The van der Waals surface area contributed by atoms with Crippen LogP contribution in [0.3, 0.4) is 0 Å². The van der Waals surface area contributed by atoms with Crippen molar-refractivity contribution < 1.29 is 0 Å². The number of anilines is 1. The molecule has 0 aromatic heterocycles. The van der Waals surface area contributed by atoms with Gasteiger partial charge in [0, 0.05) is 18.3 Å². The molecule has 1 aromatic carbocycles. The molecule has 0 amide bonds. The summed E-state index contributed by atoms with van der Waals surface area (Å²) < 4.78 is 0. The molecule has 1 aromatic rings. The van der Waals surface area contributed by atoms with E-state index in [1.165, 1.54) is 69.4 Å². The van der Waals surface area contributed by atoms with Crippen molar-refractivity contribution in [1.29, 1.82) is 0 Å². The number of rotatable bonds is 3. The lowest BCUT2D eigenvalue weighted by Crippen LogP contribution is -2.46. The average Bonchev–Trinajstić information content (AvgIpc) is 2.53. The van der Waals surface area contributed by atoms with Crippen molar-refractivity contribution in [3.05, 3.63) is 29.3 Å². The number of nitrogens with two attached hydrogens (primary N) is 1. The number of piperidine rings is 2. The number of aryl methyl sites for hydroxylation is 1. The van der Waals surface area contributed by atoms with Gasteiger partial charge in [-0.3, -0.25) is 4.90 Å². The van der Waals surface area contributed by atoms with Gasteiger partial charge in [-0.1, -0.05) is 18.6 Å². The Hall–Kier alpha value is -1.06. The predicted molar refractivity (Wildman–Crippen MR) is 89.3 cm³/mol. The molecule has 0 radical (unpaired) electrons. The van der Waals surface area contributed by atoms with Gasteiger partial charge in [0.05, 0.1) is 0 Å². The van der Waals surface area contributed by atoms with Crippen molar-refractivity contribution in [2.24, 2.45) is 0 Å². The third-order valence-corrected chi connectivity index (χ3v) is 5.20. The van der Waals surface area contributed by atoms with Gasteiger partial charge in [-0.2, -0.15) is 0 Å². The molecule has 3 rings (SSSR count). The highest BCUT2D eigenvalue weighted by atomic mass is 15.2. The summed E-state index contributed by atoms with van der Waals surface area (Å²) in [4.78, 5) is 5.35. The molecule has 21 heavy (non-hydrogen) atoms. The van der Waals surface area contributed by atoms with E-state index in [4.69, 9.17) is 5.73 Å². The zero-order valence-corrected chi connectivity index (χ0v) is 13.4. The molecule has 0 atom stereocenters. The Morgan fingerprint density at radius 3 is 2.43 bits per heavy atom. The number of hydrogen-bond donors (Lipinski definition) is 1. The van der Waals surface area contributed by atoms with E-state index in [1.54, 1.807) is 0 Å². The van der Waals surface area contributed by atoms with Crippen LogP contribution in [0.1, 0.15) is 43.2 Å². The van der Waals surface area contributed by atoms with Crippen LogP contribution in [0.25, 0.3) is 0 Å². The first-order chi connectivity index (χ1) is 10.2. The zero-order valence-electron chi connectivity index (χ0n) is 13.4. The molecule has 3 nitrogen and oxygen atoms in total. The van der Waals surface area contributed by atoms with Gasteiger partial charge in [-0.25, -0.2) is 0 Å². The molecule has 2 fully saturated rings. The highest BCUT2D eigenvalue weighted by Crippen LogP contribution is 2.22. The maximum atomic E-state index is 5.90. The van der Waals surface area contributed by atoms with Crippen LogP contribution in [0.2, 0.25) is 0 Å². The Balaban J connectivity index is 1.50. The lowest BCUT2D eigenvalue weighted by molar-refractivity contribution is 0.0896. The standard InChI is InChI=1S/C18H29N3/c1-15-13-16(5-6-18(15)19)14-20-11-7-17(8-12-20)21-9-3-2-4-10-21/h5-6,13,17H,2-4,7-12,14,19H2,1H3. The van der Waals surface area contributed by atoms with Crippen molar-refractivity contribution in [3.63, 3.8) is 0 Å². The second-order valence-electron chi connectivity index (χ2n) is 6.79. The summed E-state index contributed by atoms with van der Waals surface area (Å²) in [7, 11) is 0. The molecule has 2 aliphatic heterocycles. The molecule has 0 aliphatic carbocycles. The van der Waals surface area contributed by atoms with Crippen LogP contribution in [-0.2, 0) is 6.54 Å². The summed E-state index contributed by atoms with van der Waals surface area (Å²) in [5, 5.41) is 0. The second kappa shape index (κ2) is 6.80. The van der Waals surface area contributed by atoms with Gasteiger partial charge >= 0.3 is 0 Å². The molecule has 0 spiro atoms. The highest BCUT2D eigenvalue weighted by Gasteiger charge is 2.25. The summed E-state index contributed by atoms with van der Waals surface area (Å²) >= 11 is 0. The molecule has 2 N–H and O–H groups in total. The third kappa shape index (κ3) is 3.78. The Morgan fingerprint density at radius 2 is 1.76 bits per heavy atom. The van der Waals surface area contributed by atoms with Crippen LogP contribution in [0.15, 0.2) is 18.2 Å². The first-order valence-corrected chi connectivity index (χ1v) is 8.54. The van der Waals surface area contributed by atoms with E-state index in [0.29, 0.717) is 0 Å². The molecule has 0 saturated carbocycles. The molecule has 2 aliphatic rings. The number of hydrogen-bond acceptors (Lipinski definition) is 3. The first kappa shape index (κ1) is 14.9. The number of benzene rings is 1. The van der Waals surface area contributed by atoms with E-state index in [0.717, 1.165) is 18.3 Å². The minimum absolute atomic E-state index is 0.842. The minimum Gasteiger partial charge on any atom is -0.399 e. The SMILES string of the molecule is Cc1cc(CN2CCC(N3CCCCC3)CC2)ccc1N. The Bertz CT molecular complexity index is 458. The molecule has 116 valence electrons. The number of nitrogens with zero attached hydrogens (tertiary/aromatic N) is 2. The van der Waals surface area contributed by atoms with Crippen molar-refractivity contribution in [1.82, 2.24) is 9.80 Å². The maximum absolute atomic E-state index is 5.90. The first-order valence-electron chi connectivity index (χ1n) is 8.54. The van der Waals surface area contributed by atoms with E-state index >= 15 is 0 Å². The fourth-order valence-corrected chi connectivity index (χ4v) is 3.82. The van der Waals surface area contributed by atoms with Crippen molar-refractivity contribution in [3.8, 4) is 0 Å². The Morgan fingerprint density at radius 1 is 1.05 bits per heavy atom. The van der Waals surface area contributed by atoms with Crippen LogP contribution in [0, 0.1) is 6.92 Å². The molecule has 0 unspecified atom stereocenters. The van der Waals surface area contributed by atoms with E-state index in [2.05, 4.69) is 28.9 Å². The summed E-state index contributed by atoms with van der Waals surface area (Å²) in [6.45, 7) is 8.33. The smallest absolute Gasteiger partial charge is 0.0343 e. The number of nitrogen functional groups attached to an aromatic ring is 1. The fourth-order valence-electron chi connectivity index (χ4n) is 3.82. The molecule has 3 heteroatoms. The van der Waals surface area contributed by atoms with E-state index in [9.17, 15) is 0 Å². The average molecular weight is 287 g/mol. The predicted octanol–water partition coefficient (Wildman–Crippen LogP) is 3.03. The summed E-state index contributed by atoms with van der Waals surface area (Å²) in [6, 6.07) is 7.31. The van der Waals surface area contributed by atoms with Crippen LogP contribution >= 0.6 is 0 Å². The van der Waals surface area contributed by atoms with Gasteiger partial charge in [0.15, 0.2) is 0 Å². The van der Waals surface area contributed by atoms with Crippen LogP contribution < -0.4 is 5.73 Å². The quantitative estimate of drug-likeness (QED) is 0.867. The zero-order chi connectivity index (χ0) is 14.7. The van der Waals surface area contributed by atoms with Gasteiger partial charge in [0.1, 0.15) is 0 Å². The topological polar surface area (TPSA) is 32.5 Å². The van der Waals surface area contributed by atoms with Crippen LogP contribution in [0.4, 0.5) is 5.69 Å². The largest absolute Gasteiger partial charge is 0.399 e. The van der Waals surface area contributed by atoms with Crippen molar-refractivity contribution >= 4 is 5.69 Å². The van der Waals surface area contributed by atoms with Gasteiger partial charge in [0.25, 0.3) is 0 Å². The van der Waals surface area contributed by atoms with Gasteiger partial charge in [-0.05, 0) is 76.0 Å². The monoisotopic (exact) mass is 287 g/mol. The normalized spacial score (nSPS) is 22.5. The van der Waals surface area contributed by atoms with Crippen LogP contribution in [0.5, 0.6) is 0 Å². The minimum atomic E-state index is 0.842. The van der Waals surface area contributed by atoms with Crippen LogP contribution in [-0.4, -0.2) is 42.0 Å². The van der Waals surface area contributed by atoms with E-state index in [-0.39, 0.29) is 0 Å². The molecular formula is C18H29N3.